The van der Waals surface area contributed by atoms with Gasteiger partial charge in [0.15, 0.2) is 10.8 Å². The van der Waals surface area contributed by atoms with E-state index in [9.17, 15) is 9.59 Å². The van der Waals surface area contributed by atoms with Crippen LogP contribution in [-0.4, -0.2) is 44.2 Å². The maximum absolute atomic E-state index is 13.2. The van der Waals surface area contributed by atoms with Crippen LogP contribution in [0.1, 0.15) is 32.5 Å². The number of amides is 1. The average molecular weight is 449 g/mol. The zero-order valence-corrected chi connectivity index (χ0v) is 18.0. The van der Waals surface area contributed by atoms with E-state index in [1.807, 2.05) is 60.7 Å². The van der Waals surface area contributed by atoms with Gasteiger partial charge in [0.05, 0.1) is 7.11 Å². The van der Waals surface area contributed by atoms with Crippen molar-refractivity contribution in [2.24, 2.45) is 0 Å². The predicted molar refractivity (Wildman–Crippen MR) is 118 cm³/mol. The van der Waals surface area contributed by atoms with Gasteiger partial charge in [-0.25, -0.2) is 14.5 Å². The molecule has 162 valence electrons. The summed E-state index contributed by atoms with van der Waals surface area (Å²) in [4.78, 5) is 30.5. The van der Waals surface area contributed by atoms with E-state index in [0.717, 1.165) is 11.1 Å². The van der Waals surface area contributed by atoms with Gasteiger partial charge in [-0.05, 0) is 21.6 Å². The van der Waals surface area contributed by atoms with Crippen LogP contribution in [0.15, 0.2) is 67.0 Å². The fourth-order valence-electron chi connectivity index (χ4n) is 3.21. The SMILES string of the molecule is COC(=O)c1nc(NC(=O)[C@@H](Cc2ccccc2)n2cnnn2)sc1Cc1ccccc1. The Labute approximate surface area is 188 Å². The topological polar surface area (TPSA) is 112 Å². The highest BCUT2D eigenvalue weighted by Gasteiger charge is 2.25. The van der Waals surface area contributed by atoms with Gasteiger partial charge in [0.2, 0.25) is 0 Å². The van der Waals surface area contributed by atoms with Gasteiger partial charge in [0.1, 0.15) is 12.4 Å². The molecule has 0 radical (unpaired) electrons. The van der Waals surface area contributed by atoms with Gasteiger partial charge in [-0.2, -0.15) is 0 Å². The first-order chi connectivity index (χ1) is 15.6. The van der Waals surface area contributed by atoms with E-state index >= 15 is 0 Å². The monoisotopic (exact) mass is 448 g/mol. The van der Waals surface area contributed by atoms with Crippen molar-refractivity contribution in [2.75, 3.05) is 12.4 Å². The number of carbonyl (C=O) groups excluding carboxylic acids is 2. The number of ether oxygens (including phenoxy) is 1. The number of benzene rings is 2. The van der Waals surface area contributed by atoms with E-state index in [1.54, 1.807) is 0 Å². The van der Waals surface area contributed by atoms with Gasteiger partial charge < -0.3 is 10.1 Å². The van der Waals surface area contributed by atoms with E-state index in [1.165, 1.54) is 29.5 Å². The lowest BCUT2D eigenvalue weighted by molar-refractivity contribution is -0.119. The van der Waals surface area contributed by atoms with Crippen LogP contribution >= 0.6 is 11.3 Å². The largest absolute Gasteiger partial charge is 0.464 e. The smallest absolute Gasteiger partial charge is 0.357 e. The van der Waals surface area contributed by atoms with Crippen LogP contribution in [0.25, 0.3) is 0 Å². The molecule has 0 unspecified atom stereocenters. The van der Waals surface area contributed by atoms with Gasteiger partial charge in [0.25, 0.3) is 5.91 Å². The molecule has 4 rings (SSSR count). The first-order valence-corrected chi connectivity index (χ1v) is 10.6. The number of hydrogen-bond acceptors (Lipinski definition) is 8. The van der Waals surface area contributed by atoms with E-state index in [0.29, 0.717) is 22.9 Å². The van der Waals surface area contributed by atoms with Crippen molar-refractivity contribution in [3.63, 3.8) is 0 Å². The third-order valence-electron chi connectivity index (χ3n) is 4.77. The molecule has 0 aliphatic heterocycles. The Morgan fingerprint density at radius 2 is 1.75 bits per heavy atom. The quantitative estimate of drug-likeness (QED) is 0.413. The molecule has 1 N–H and O–H groups in total. The minimum Gasteiger partial charge on any atom is -0.464 e. The summed E-state index contributed by atoms with van der Waals surface area (Å²) in [6.07, 6.45) is 2.29. The Kier molecular flexibility index (Phi) is 6.61. The van der Waals surface area contributed by atoms with Gasteiger partial charge in [0, 0.05) is 17.7 Å². The van der Waals surface area contributed by atoms with Crippen molar-refractivity contribution in [2.45, 2.75) is 18.9 Å². The Bertz CT molecular complexity index is 1180. The maximum Gasteiger partial charge on any atom is 0.357 e. The van der Waals surface area contributed by atoms with E-state index in [2.05, 4.69) is 25.8 Å². The second kappa shape index (κ2) is 9.92. The molecule has 2 aromatic heterocycles. The second-order valence-electron chi connectivity index (χ2n) is 6.93. The van der Waals surface area contributed by atoms with Gasteiger partial charge in [-0.3, -0.25) is 4.79 Å². The molecule has 0 saturated heterocycles. The molecule has 4 aromatic rings. The molecule has 2 heterocycles. The molecule has 0 bridgehead atoms. The predicted octanol–water partition coefficient (Wildman–Crippen LogP) is 2.93. The lowest BCUT2D eigenvalue weighted by atomic mass is 10.1. The first kappa shape index (κ1) is 21.3. The number of rotatable bonds is 8. The summed E-state index contributed by atoms with van der Waals surface area (Å²) in [6, 6.07) is 18.6. The summed E-state index contributed by atoms with van der Waals surface area (Å²) in [5.74, 6) is -0.883. The number of hydrogen-bond donors (Lipinski definition) is 1. The molecule has 0 fully saturated rings. The van der Waals surface area contributed by atoms with Crippen molar-refractivity contribution in [1.82, 2.24) is 25.2 Å². The number of anilines is 1. The first-order valence-electron chi connectivity index (χ1n) is 9.83. The van der Waals surface area contributed by atoms with Crippen molar-refractivity contribution < 1.29 is 14.3 Å². The Morgan fingerprint density at radius 1 is 1.06 bits per heavy atom. The van der Waals surface area contributed by atoms with Crippen LogP contribution in [0, 0.1) is 0 Å². The number of nitrogens with one attached hydrogen (secondary N) is 1. The molecule has 10 heteroatoms. The molecule has 1 amide bonds. The highest BCUT2D eigenvalue weighted by molar-refractivity contribution is 7.16. The number of carbonyl (C=O) groups is 2. The molecule has 0 aliphatic rings. The van der Waals surface area contributed by atoms with Crippen molar-refractivity contribution in [1.29, 1.82) is 0 Å². The minimum absolute atomic E-state index is 0.193. The minimum atomic E-state index is -0.685. The molecule has 2 aromatic carbocycles. The summed E-state index contributed by atoms with van der Waals surface area (Å²) in [5, 5.41) is 14.3. The summed E-state index contributed by atoms with van der Waals surface area (Å²) in [6.45, 7) is 0. The van der Waals surface area contributed by atoms with Crippen molar-refractivity contribution in [3.8, 4) is 0 Å². The number of methoxy groups -OCH3 is 1. The number of tetrazole rings is 1. The van der Waals surface area contributed by atoms with E-state index in [4.69, 9.17) is 4.74 Å². The molecular formula is C22H20N6O3S. The summed E-state index contributed by atoms with van der Waals surface area (Å²) in [5.41, 5.74) is 2.18. The molecule has 9 nitrogen and oxygen atoms in total. The Hall–Kier alpha value is -3.92. The van der Waals surface area contributed by atoms with Crippen molar-refractivity contribution >= 4 is 28.3 Å². The van der Waals surface area contributed by atoms with Gasteiger partial charge >= 0.3 is 5.97 Å². The molecule has 0 spiro atoms. The lowest BCUT2D eigenvalue weighted by Gasteiger charge is -2.15. The zero-order chi connectivity index (χ0) is 22.3. The Balaban J connectivity index is 1.58. The Morgan fingerprint density at radius 3 is 2.38 bits per heavy atom. The number of aromatic nitrogens is 5. The zero-order valence-electron chi connectivity index (χ0n) is 17.2. The fourth-order valence-corrected chi connectivity index (χ4v) is 4.19. The normalized spacial score (nSPS) is 11.7. The summed E-state index contributed by atoms with van der Waals surface area (Å²) in [7, 11) is 1.31. The highest BCUT2D eigenvalue weighted by Crippen LogP contribution is 2.27. The summed E-state index contributed by atoms with van der Waals surface area (Å²) < 4.78 is 6.28. The van der Waals surface area contributed by atoms with E-state index in [-0.39, 0.29) is 11.6 Å². The lowest BCUT2D eigenvalue weighted by Crippen LogP contribution is -2.28. The van der Waals surface area contributed by atoms with Crippen molar-refractivity contribution in [3.05, 3.63) is 88.7 Å². The number of esters is 1. The van der Waals surface area contributed by atoms with Gasteiger partial charge in [-0.1, -0.05) is 60.7 Å². The standard InChI is InChI=1S/C22H20N6O3S/c1-31-21(30)19-18(13-16-10-6-3-7-11-16)32-22(24-19)25-20(29)17(28-14-23-26-27-28)12-15-8-4-2-5-9-15/h2-11,14,17H,12-13H2,1H3,(H,24,25,29)/t17-/m1/s1. The molecule has 0 saturated carbocycles. The molecular weight excluding hydrogens is 428 g/mol. The van der Waals surface area contributed by atoms with E-state index < -0.39 is 12.0 Å². The molecule has 32 heavy (non-hydrogen) atoms. The van der Waals surface area contributed by atoms with Crippen LogP contribution in [0.2, 0.25) is 0 Å². The number of thiazole rings is 1. The maximum atomic E-state index is 13.2. The number of nitrogens with zero attached hydrogens (tertiary/aromatic N) is 5. The second-order valence-corrected chi connectivity index (χ2v) is 8.01. The highest BCUT2D eigenvalue weighted by atomic mass is 32.1. The third kappa shape index (κ3) is 5.03. The van der Waals surface area contributed by atoms with Crippen LogP contribution in [0.4, 0.5) is 5.13 Å². The van der Waals surface area contributed by atoms with Crippen LogP contribution in [0.3, 0.4) is 0 Å². The average Bonchev–Trinajstić information content (AvgIpc) is 3.49. The third-order valence-corrected chi connectivity index (χ3v) is 5.74. The summed E-state index contributed by atoms with van der Waals surface area (Å²) >= 11 is 1.24. The van der Waals surface area contributed by atoms with Crippen LogP contribution in [0.5, 0.6) is 0 Å². The molecule has 1 atom stereocenters. The van der Waals surface area contributed by atoms with Crippen LogP contribution in [-0.2, 0) is 22.4 Å². The van der Waals surface area contributed by atoms with Crippen LogP contribution < -0.4 is 5.32 Å². The van der Waals surface area contributed by atoms with Gasteiger partial charge in [-0.15, -0.1) is 16.4 Å². The molecule has 0 aliphatic carbocycles. The fraction of sp³-hybridized carbons (Fsp3) is 0.182.